The van der Waals surface area contributed by atoms with Crippen LogP contribution >= 0.6 is 24.2 Å². The van der Waals surface area contributed by atoms with E-state index < -0.39 is 0 Å². The molecule has 0 aromatic heterocycles. The van der Waals surface area contributed by atoms with Crippen LogP contribution < -0.4 is 5.73 Å². The van der Waals surface area contributed by atoms with Gasteiger partial charge in [-0.1, -0.05) is 17.7 Å². The van der Waals surface area contributed by atoms with Gasteiger partial charge in [0, 0.05) is 15.8 Å². The first-order valence-corrected chi connectivity index (χ1v) is 4.20. The number of rotatable bonds is 0. The second kappa shape index (κ2) is 2.76. The summed E-state index contributed by atoms with van der Waals surface area (Å²) in [7, 11) is 0. The number of allylic oxidation sites excluding steroid dienone is 1. The van der Waals surface area contributed by atoms with Crippen molar-refractivity contribution in [3.8, 4) is 0 Å². The number of hydrogen-bond donors (Lipinski definition) is 2. The van der Waals surface area contributed by atoms with E-state index in [1.54, 1.807) is 0 Å². The smallest absolute Gasteiger partial charge is 0.0445 e. The van der Waals surface area contributed by atoms with Crippen LogP contribution in [0, 0.1) is 0 Å². The molecule has 0 radical (unpaired) electrons. The summed E-state index contributed by atoms with van der Waals surface area (Å²) in [6.07, 6.45) is 3.78. The van der Waals surface area contributed by atoms with Gasteiger partial charge < -0.3 is 5.73 Å². The van der Waals surface area contributed by atoms with E-state index in [-0.39, 0.29) is 10.8 Å². The van der Waals surface area contributed by atoms with Crippen molar-refractivity contribution in [2.24, 2.45) is 5.73 Å². The zero-order valence-corrected chi connectivity index (χ0v) is 7.62. The number of hydrogen-bond acceptors (Lipinski definition) is 2. The van der Waals surface area contributed by atoms with Gasteiger partial charge in [0.1, 0.15) is 0 Å². The molecule has 0 aliphatic heterocycles. The van der Waals surface area contributed by atoms with Crippen LogP contribution in [0.3, 0.4) is 0 Å². The molecule has 1 aliphatic rings. The van der Waals surface area contributed by atoms with Crippen LogP contribution in [-0.2, 0) is 0 Å². The fourth-order valence-electron chi connectivity index (χ4n) is 1.08. The predicted octanol–water partition coefficient (Wildman–Crippen LogP) is 1.92. The van der Waals surface area contributed by atoms with Crippen LogP contribution in [0.15, 0.2) is 11.1 Å². The maximum atomic E-state index is 5.82. The molecule has 2 unspecified atom stereocenters. The van der Waals surface area contributed by atoms with E-state index in [2.05, 4.69) is 12.6 Å². The van der Waals surface area contributed by atoms with Crippen molar-refractivity contribution in [3.63, 3.8) is 0 Å². The van der Waals surface area contributed by atoms with E-state index in [9.17, 15) is 0 Å². The molecular formula is C7H12ClNS. The van der Waals surface area contributed by atoms with Crippen LogP contribution in [0.25, 0.3) is 0 Å². The van der Waals surface area contributed by atoms with Gasteiger partial charge >= 0.3 is 0 Å². The lowest BCUT2D eigenvalue weighted by molar-refractivity contribution is 0.521. The topological polar surface area (TPSA) is 26.0 Å². The molecule has 1 aliphatic carbocycles. The summed E-state index contributed by atoms with van der Waals surface area (Å²) in [5.41, 5.74) is 5.80. The van der Waals surface area contributed by atoms with Gasteiger partial charge in [0.25, 0.3) is 0 Å². The van der Waals surface area contributed by atoms with E-state index in [4.69, 9.17) is 17.3 Å². The molecule has 0 spiro atoms. The Balaban J connectivity index is 2.79. The maximum Gasteiger partial charge on any atom is 0.0445 e. The zero-order valence-electron chi connectivity index (χ0n) is 5.97. The highest BCUT2D eigenvalue weighted by Gasteiger charge is 2.28. The highest BCUT2D eigenvalue weighted by Crippen LogP contribution is 2.31. The van der Waals surface area contributed by atoms with Gasteiger partial charge in [-0.3, -0.25) is 0 Å². The van der Waals surface area contributed by atoms with Crippen molar-refractivity contribution in [1.29, 1.82) is 0 Å². The molecule has 0 aromatic carbocycles. The maximum absolute atomic E-state index is 5.82. The van der Waals surface area contributed by atoms with Crippen molar-refractivity contribution < 1.29 is 0 Å². The lowest BCUT2D eigenvalue weighted by atomic mass is 9.91. The fourth-order valence-corrected chi connectivity index (χ4v) is 1.78. The quantitative estimate of drug-likeness (QED) is 0.544. The zero-order chi connectivity index (χ0) is 7.78. The summed E-state index contributed by atoms with van der Waals surface area (Å²) in [4.78, 5) is 0. The van der Waals surface area contributed by atoms with Gasteiger partial charge in [0.15, 0.2) is 0 Å². The average molecular weight is 178 g/mol. The molecule has 0 amide bonds. The van der Waals surface area contributed by atoms with Crippen molar-refractivity contribution in [2.45, 2.75) is 30.6 Å². The summed E-state index contributed by atoms with van der Waals surface area (Å²) in [5, 5.41) is 0.888. The van der Waals surface area contributed by atoms with Gasteiger partial charge in [-0.25, -0.2) is 0 Å². The molecule has 3 heteroatoms. The molecule has 2 N–H and O–H groups in total. The van der Waals surface area contributed by atoms with E-state index in [0.29, 0.717) is 0 Å². The monoisotopic (exact) mass is 177 g/mol. The second-order valence-electron chi connectivity index (χ2n) is 2.96. The number of thiol groups is 1. The number of nitrogens with two attached hydrogens (primary N) is 1. The Labute approximate surface area is 72.0 Å². The third kappa shape index (κ3) is 1.68. The van der Waals surface area contributed by atoms with Gasteiger partial charge in [0.2, 0.25) is 0 Å². The molecule has 0 fully saturated rings. The van der Waals surface area contributed by atoms with Crippen LogP contribution in [0.5, 0.6) is 0 Å². The molecular weight excluding hydrogens is 166 g/mol. The highest BCUT2D eigenvalue weighted by atomic mass is 35.5. The molecule has 0 bridgehead atoms. The van der Waals surface area contributed by atoms with Crippen LogP contribution in [-0.4, -0.2) is 10.8 Å². The van der Waals surface area contributed by atoms with Crippen molar-refractivity contribution in [2.75, 3.05) is 0 Å². The van der Waals surface area contributed by atoms with Crippen LogP contribution in [0.1, 0.15) is 19.8 Å². The molecule has 58 valence electrons. The van der Waals surface area contributed by atoms with E-state index in [1.165, 1.54) is 0 Å². The van der Waals surface area contributed by atoms with Crippen LogP contribution in [0.2, 0.25) is 0 Å². The van der Waals surface area contributed by atoms with Crippen molar-refractivity contribution >= 4 is 24.2 Å². The van der Waals surface area contributed by atoms with E-state index in [1.807, 2.05) is 13.0 Å². The second-order valence-corrected chi connectivity index (χ2v) is 4.41. The summed E-state index contributed by atoms with van der Waals surface area (Å²) in [6.45, 7) is 1.99. The van der Waals surface area contributed by atoms with Crippen molar-refractivity contribution in [3.05, 3.63) is 11.1 Å². The molecule has 1 rings (SSSR count). The van der Waals surface area contributed by atoms with Gasteiger partial charge in [0.05, 0.1) is 0 Å². The Hall–Kier alpha value is 0.340. The SMILES string of the molecule is CC1(S)C=C(Cl)CCC1N. The molecule has 0 saturated carbocycles. The first-order chi connectivity index (χ1) is 4.52. The Bertz CT molecular complexity index is 165. The summed E-state index contributed by atoms with van der Waals surface area (Å²) >= 11 is 10.2. The standard InChI is InChI=1S/C7H12ClNS/c1-7(10)4-5(8)2-3-6(7)9/h4,6,10H,2-3,9H2,1H3. The summed E-state index contributed by atoms with van der Waals surface area (Å²) in [6, 6.07) is 0.137. The first kappa shape index (κ1) is 8.44. The normalized spacial score (nSPS) is 41.2. The minimum Gasteiger partial charge on any atom is -0.326 e. The molecule has 0 heterocycles. The Morgan fingerprint density at radius 1 is 1.90 bits per heavy atom. The third-order valence-corrected chi connectivity index (χ3v) is 2.65. The molecule has 1 nitrogen and oxygen atoms in total. The molecule has 2 atom stereocenters. The third-order valence-electron chi connectivity index (χ3n) is 1.89. The van der Waals surface area contributed by atoms with E-state index in [0.717, 1.165) is 17.9 Å². The fraction of sp³-hybridized carbons (Fsp3) is 0.714. The Kier molecular flexibility index (Phi) is 2.33. The van der Waals surface area contributed by atoms with Gasteiger partial charge in [-0.05, 0) is 19.8 Å². The average Bonchev–Trinajstić information content (AvgIpc) is 1.78. The summed E-state index contributed by atoms with van der Waals surface area (Å²) in [5.74, 6) is 0. The lowest BCUT2D eigenvalue weighted by Gasteiger charge is -2.31. The van der Waals surface area contributed by atoms with E-state index >= 15 is 0 Å². The predicted molar refractivity (Wildman–Crippen MR) is 48.5 cm³/mol. The molecule has 0 saturated heterocycles. The molecule has 0 aromatic rings. The minimum atomic E-state index is -0.213. The van der Waals surface area contributed by atoms with Crippen LogP contribution in [0.4, 0.5) is 0 Å². The van der Waals surface area contributed by atoms with Gasteiger partial charge in [-0.15, -0.1) is 0 Å². The largest absolute Gasteiger partial charge is 0.326 e. The Morgan fingerprint density at radius 3 is 2.90 bits per heavy atom. The lowest BCUT2D eigenvalue weighted by Crippen LogP contribution is -2.41. The van der Waals surface area contributed by atoms with Crippen molar-refractivity contribution in [1.82, 2.24) is 0 Å². The Morgan fingerprint density at radius 2 is 2.50 bits per heavy atom. The minimum absolute atomic E-state index is 0.137. The molecule has 10 heavy (non-hydrogen) atoms. The van der Waals surface area contributed by atoms with Gasteiger partial charge in [-0.2, -0.15) is 12.6 Å². The first-order valence-electron chi connectivity index (χ1n) is 3.37. The highest BCUT2D eigenvalue weighted by molar-refractivity contribution is 7.82. The summed E-state index contributed by atoms with van der Waals surface area (Å²) < 4.78 is -0.213. The number of halogens is 1.